The Labute approximate surface area is 117 Å². The Morgan fingerprint density at radius 3 is 2.00 bits per heavy atom. The van der Waals surface area contributed by atoms with Crippen molar-refractivity contribution in [2.75, 3.05) is 13.1 Å². The summed E-state index contributed by atoms with van der Waals surface area (Å²) in [6, 6.07) is 2.26. The fourth-order valence-corrected chi connectivity index (χ4v) is 2.87. The highest BCUT2D eigenvalue weighted by atomic mass is 16.1. The van der Waals surface area contributed by atoms with Gasteiger partial charge in [0.15, 0.2) is 0 Å². The summed E-state index contributed by atoms with van der Waals surface area (Å²) in [4.78, 5) is 11.0. The highest BCUT2D eigenvalue weighted by Crippen LogP contribution is 2.32. The van der Waals surface area contributed by atoms with Gasteiger partial charge in [-0.2, -0.15) is 0 Å². The van der Waals surface area contributed by atoms with Crippen LogP contribution in [0.25, 0.3) is 0 Å². The average molecular weight is 261 g/mol. The van der Waals surface area contributed by atoms with Crippen LogP contribution >= 0.6 is 0 Å². The minimum absolute atomic E-state index is 0.0282. The Morgan fingerprint density at radius 2 is 1.58 bits per heavy atom. The van der Waals surface area contributed by atoms with Crippen molar-refractivity contribution in [3.8, 4) is 0 Å². The molecule has 0 bridgehead atoms. The summed E-state index contributed by atoms with van der Waals surface area (Å²) in [6.45, 7) is 16.1. The molecule has 0 aliphatic rings. The number of nitrogens with one attached hydrogen (secondary N) is 1. The van der Waals surface area contributed by atoms with Crippen LogP contribution in [0.3, 0.4) is 0 Å². The number of benzene rings is 1. The van der Waals surface area contributed by atoms with Crippen LogP contribution in [0.15, 0.2) is 6.07 Å². The molecule has 1 aromatic carbocycles. The smallest absolute Gasteiger partial charge is 0.143 e. The quantitative estimate of drug-likeness (QED) is 0.880. The summed E-state index contributed by atoms with van der Waals surface area (Å²) in [7, 11) is 0. The van der Waals surface area contributed by atoms with Crippen LogP contribution in [0, 0.1) is 27.7 Å². The van der Waals surface area contributed by atoms with Gasteiger partial charge in [-0.05, 0) is 62.4 Å². The van der Waals surface area contributed by atoms with Gasteiger partial charge >= 0.3 is 0 Å². The third kappa shape index (κ3) is 3.66. The van der Waals surface area contributed by atoms with Gasteiger partial charge in [0.2, 0.25) is 0 Å². The van der Waals surface area contributed by atoms with Crippen molar-refractivity contribution < 1.29 is 4.79 Å². The highest BCUT2D eigenvalue weighted by molar-refractivity contribution is 5.77. The van der Waals surface area contributed by atoms with Gasteiger partial charge < -0.3 is 5.32 Å². The third-order valence-electron chi connectivity index (χ3n) is 3.98. The van der Waals surface area contributed by atoms with Gasteiger partial charge in [0.25, 0.3) is 0 Å². The van der Waals surface area contributed by atoms with Crippen LogP contribution in [0.4, 0.5) is 0 Å². The molecule has 19 heavy (non-hydrogen) atoms. The molecule has 106 valence electrons. The summed E-state index contributed by atoms with van der Waals surface area (Å²) < 4.78 is 0. The molecule has 2 nitrogen and oxygen atoms in total. The monoisotopic (exact) mass is 261 g/mol. The van der Waals surface area contributed by atoms with Crippen LogP contribution in [-0.2, 0) is 10.2 Å². The Balaban J connectivity index is 3.10. The molecule has 0 heterocycles. The summed E-state index contributed by atoms with van der Waals surface area (Å²) in [5, 5.41) is 3.27. The molecule has 2 heteroatoms. The first kappa shape index (κ1) is 15.9. The van der Waals surface area contributed by atoms with Crippen molar-refractivity contribution >= 4 is 5.78 Å². The maximum Gasteiger partial charge on any atom is 0.143 e. The van der Waals surface area contributed by atoms with Gasteiger partial charge in [-0.25, -0.2) is 0 Å². The molecule has 0 aliphatic carbocycles. The molecule has 0 fully saturated rings. The fourth-order valence-electron chi connectivity index (χ4n) is 2.87. The standard InChI is InChI=1S/C17H27NO/c1-11-8-12(2)15(5)16(14(11)4)17(6,7)10-18-9-13(3)19/h8,18H,9-10H2,1-7H3. The minimum atomic E-state index is 0.0282. The molecule has 0 aromatic heterocycles. The van der Waals surface area contributed by atoms with E-state index in [9.17, 15) is 4.79 Å². The van der Waals surface area contributed by atoms with Crippen molar-refractivity contribution in [3.05, 3.63) is 33.9 Å². The molecule has 1 rings (SSSR count). The Kier molecular flexibility index (Phi) is 4.92. The predicted octanol–water partition coefficient (Wildman–Crippen LogP) is 3.38. The zero-order valence-corrected chi connectivity index (χ0v) is 13.4. The van der Waals surface area contributed by atoms with E-state index < -0.39 is 0 Å². The van der Waals surface area contributed by atoms with Crippen LogP contribution in [0.5, 0.6) is 0 Å². The number of hydrogen-bond acceptors (Lipinski definition) is 2. The number of aryl methyl sites for hydroxylation is 2. The zero-order chi connectivity index (χ0) is 14.8. The molecule has 0 amide bonds. The number of rotatable bonds is 5. The lowest BCUT2D eigenvalue weighted by molar-refractivity contribution is -0.116. The zero-order valence-electron chi connectivity index (χ0n) is 13.4. The first-order chi connectivity index (χ1) is 8.66. The number of hydrogen-bond donors (Lipinski definition) is 1. The van der Waals surface area contributed by atoms with Gasteiger partial charge in [-0.15, -0.1) is 0 Å². The second-order valence-electron chi connectivity index (χ2n) is 6.32. The van der Waals surface area contributed by atoms with Crippen molar-refractivity contribution in [1.29, 1.82) is 0 Å². The van der Waals surface area contributed by atoms with E-state index in [-0.39, 0.29) is 11.2 Å². The van der Waals surface area contributed by atoms with E-state index in [1.807, 2.05) is 0 Å². The highest BCUT2D eigenvalue weighted by Gasteiger charge is 2.25. The van der Waals surface area contributed by atoms with Gasteiger partial charge in [0.05, 0.1) is 6.54 Å². The maximum atomic E-state index is 11.0. The van der Waals surface area contributed by atoms with E-state index in [4.69, 9.17) is 0 Å². The molecule has 1 N–H and O–H groups in total. The van der Waals surface area contributed by atoms with Crippen LogP contribution in [0.2, 0.25) is 0 Å². The van der Waals surface area contributed by atoms with Crippen LogP contribution in [0.1, 0.15) is 48.6 Å². The lowest BCUT2D eigenvalue weighted by Gasteiger charge is -2.31. The largest absolute Gasteiger partial charge is 0.309 e. The molecule has 1 aromatic rings. The van der Waals surface area contributed by atoms with Gasteiger partial charge in [0.1, 0.15) is 5.78 Å². The normalized spacial score (nSPS) is 11.7. The molecule has 0 unspecified atom stereocenters. The SMILES string of the molecule is CC(=O)CNCC(C)(C)c1c(C)c(C)cc(C)c1C. The topological polar surface area (TPSA) is 29.1 Å². The number of ketones is 1. The predicted molar refractivity (Wildman–Crippen MR) is 82.0 cm³/mol. The summed E-state index contributed by atoms with van der Waals surface area (Å²) in [5.74, 6) is 0.185. The minimum Gasteiger partial charge on any atom is -0.309 e. The molecule has 0 spiro atoms. The molecule has 0 saturated carbocycles. The van der Waals surface area contributed by atoms with Gasteiger partial charge in [-0.1, -0.05) is 19.9 Å². The van der Waals surface area contributed by atoms with Gasteiger partial charge in [-0.3, -0.25) is 4.79 Å². The molecular formula is C17H27NO. The van der Waals surface area contributed by atoms with Crippen molar-refractivity contribution in [1.82, 2.24) is 5.32 Å². The van der Waals surface area contributed by atoms with Crippen molar-refractivity contribution in [3.63, 3.8) is 0 Å². The molecule has 0 aliphatic heterocycles. The summed E-state index contributed by atoms with van der Waals surface area (Å²) >= 11 is 0. The number of Topliss-reactive ketones (excluding diaryl/α,β-unsaturated/α-hetero) is 1. The lowest BCUT2D eigenvalue weighted by Crippen LogP contribution is -2.36. The molecule has 0 atom stereocenters. The number of carbonyl (C=O) groups excluding carboxylic acids is 1. The molecule has 0 radical (unpaired) electrons. The van der Waals surface area contributed by atoms with Crippen molar-refractivity contribution in [2.24, 2.45) is 0 Å². The number of carbonyl (C=O) groups is 1. The fraction of sp³-hybridized carbons (Fsp3) is 0.588. The Morgan fingerprint density at radius 1 is 1.11 bits per heavy atom. The Hall–Kier alpha value is -1.15. The first-order valence-electron chi connectivity index (χ1n) is 6.95. The first-order valence-corrected chi connectivity index (χ1v) is 6.95. The summed E-state index contributed by atoms with van der Waals surface area (Å²) in [5.41, 5.74) is 6.88. The second-order valence-corrected chi connectivity index (χ2v) is 6.32. The van der Waals surface area contributed by atoms with Crippen molar-refractivity contribution in [2.45, 2.75) is 53.9 Å². The average Bonchev–Trinajstić information content (AvgIpc) is 2.25. The van der Waals surface area contributed by atoms with Gasteiger partial charge in [0, 0.05) is 12.0 Å². The van der Waals surface area contributed by atoms with Crippen LogP contribution < -0.4 is 5.32 Å². The van der Waals surface area contributed by atoms with Crippen LogP contribution in [-0.4, -0.2) is 18.9 Å². The van der Waals surface area contributed by atoms with E-state index in [0.29, 0.717) is 6.54 Å². The lowest BCUT2D eigenvalue weighted by atomic mass is 9.77. The Bertz CT molecular complexity index is 460. The summed E-state index contributed by atoms with van der Waals surface area (Å²) in [6.07, 6.45) is 0. The van der Waals surface area contributed by atoms with E-state index >= 15 is 0 Å². The maximum absolute atomic E-state index is 11.0. The van der Waals surface area contributed by atoms with E-state index in [1.54, 1.807) is 6.92 Å². The van der Waals surface area contributed by atoms with E-state index in [1.165, 1.54) is 27.8 Å². The van der Waals surface area contributed by atoms with E-state index in [2.05, 4.69) is 52.9 Å². The third-order valence-corrected chi connectivity index (χ3v) is 3.98. The second kappa shape index (κ2) is 5.87. The molecule has 0 saturated heterocycles. The van der Waals surface area contributed by atoms with E-state index in [0.717, 1.165) is 6.54 Å². The molecular weight excluding hydrogens is 234 g/mol.